The summed E-state index contributed by atoms with van der Waals surface area (Å²) in [6, 6.07) is 17.5. The van der Waals surface area contributed by atoms with Gasteiger partial charge in [-0.25, -0.2) is 4.79 Å². The zero-order valence-corrected chi connectivity index (χ0v) is 17.6. The first kappa shape index (κ1) is 21.4. The van der Waals surface area contributed by atoms with Crippen molar-refractivity contribution in [2.24, 2.45) is 0 Å². The maximum absolute atomic E-state index is 13.5. The molecular formula is C24H28N2O4. The number of hydrogen-bond acceptors (Lipinski definition) is 3. The van der Waals surface area contributed by atoms with Gasteiger partial charge >= 0.3 is 6.09 Å². The molecule has 2 aromatic carbocycles. The Morgan fingerprint density at radius 1 is 1.13 bits per heavy atom. The quantitative estimate of drug-likeness (QED) is 0.669. The van der Waals surface area contributed by atoms with Gasteiger partial charge in [0.05, 0.1) is 7.11 Å². The summed E-state index contributed by atoms with van der Waals surface area (Å²) in [4.78, 5) is 26.3. The van der Waals surface area contributed by atoms with E-state index >= 15 is 0 Å². The number of nitrogens with one attached hydrogen (secondary N) is 1. The zero-order valence-electron chi connectivity index (χ0n) is 17.6. The van der Waals surface area contributed by atoms with Crippen LogP contribution in [-0.2, 0) is 11.3 Å². The summed E-state index contributed by atoms with van der Waals surface area (Å²) in [5.41, 5.74) is 3.31. The second-order valence-electron chi connectivity index (χ2n) is 8.03. The van der Waals surface area contributed by atoms with Gasteiger partial charge in [-0.3, -0.25) is 4.79 Å². The second-order valence-corrected chi connectivity index (χ2v) is 8.03. The van der Waals surface area contributed by atoms with E-state index in [1.807, 2.05) is 59.5 Å². The van der Waals surface area contributed by atoms with Crippen molar-refractivity contribution in [1.29, 1.82) is 0 Å². The first-order valence-electron chi connectivity index (χ1n) is 10.0. The van der Waals surface area contributed by atoms with Crippen LogP contribution in [0.15, 0.2) is 60.2 Å². The maximum atomic E-state index is 13.5. The Balaban J connectivity index is 1.92. The third-order valence-corrected chi connectivity index (χ3v) is 5.48. The molecule has 0 bridgehead atoms. The van der Waals surface area contributed by atoms with E-state index in [0.29, 0.717) is 19.4 Å². The molecular weight excluding hydrogens is 380 g/mol. The highest BCUT2D eigenvalue weighted by molar-refractivity contribution is 6.04. The van der Waals surface area contributed by atoms with E-state index in [9.17, 15) is 9.59 Å². The standard InChI is InChI=1S/C24H28N2O4/c1-24(2)15-21(20(13-14-25-23(28)29)18-7-5-4-6-8-18)22(27)26(24)16-17-9-11-19(30-3)12-10-17/h4-12,25H,13-16H2,1-3H3,(H,28,29)/b21-20-. The van der Waals surface area contributed by atoms with Crippen molar-refractivity contribution in [3.8, 4) is 5.75 Å². The van der Waals surface area contributed by atoms with E-state index in [1.165, 1.54) is 0 Å². The van der Waals surface area contributed by atoms with Crippen LogP contribution in [0.3, 0.4) is 0 Å². The monoisotopic (exact) mass is 408 g/mol. The van der Waals surface area contributed by atoms with Gasteiger partial charge in [-0.15, -0.1) is 0 Å². The van der Waals surface area contributed by atoms with Crippen molar-refractivity contribution in [1.82, 2.24) is 10.2 Å². The van der Waals surface area contributed by atoms with Crippen LogP contribution in [0.4, 0.5) is 4.79 Å². The molecule has 1 aliphatic rings. The molecule has 0 radical (unpaired) electrons. The predicted molar refractivity (Wildman–Crippen MR) is 116 cm³/mol. The van der Waals surface area contributed by atoms with E-state index in [0.717, 1.165) is 28.0 Å². The van der Waals surface area contributed by atoms with Gasteiger partial charge in [-0.1, -0.05) is 42.5 Å². The van der Waals surface area contributed by atoms with Crippen LogP contribution in [0.1, 0.15) is 37.8 Å². The van der Waals surface area contributed by atoms with Gasteiger partial charge in [0.2, 0.25) is 0 Å². The van der Waals surface area contributed by atoms with Crippen molar-refractivity contribution in [2.75, 3.05) is 13.7 Å². The summed E-state index contributed by atoms with van der Waals surface area (Å²) >= 11 is 0. The number of benzene rings is 2. The molecule has 2 aromatic rings. The minimum atomic E-state index is -1.06. The second kappa shape index (κ2) is 9.03. The fraction of sp³-hybridized carbons (Fsp3) is 0.333. The summed E-state index contributed by atoms with van der Waals surface area (Å²) in [6.45, 7) is 4.91. The first-order chi connectivity index (χ1) is 14.3. The molecule has 2 N–H and O–H groups in total. The van der Waals surface area contributed by atoms with E-state index in [-0.39, 0.29) is 18.0 Å². The van der Waals surface area contributed by atoms with Gasteiger partial charge in [-0.05, 0) is 49.1 Å². The van der Waals surface area contributed by atoms with Crippen molar-refractivity contribution >= 4 is 17.6 Å². The lowest BCUT2D eigenvalue weighted by molar-refractivity contribution is -0.128. The Kier molecular flexibility index (Phi) is 6.45. The third-order valence-electron chi connectivity index (χ3n) is 5.48. The van der Waals surface area contributed by atoms with Crippen molar-refractivity contribution in [3.05, 3.63) is 71.3 Å². The topological polar surface area (TPSA) is 78.9 Å². The molecule has 1 aliphatic heterocycles. The SMILES string of the molecule is COc1ccc(CN2C(=O)/C(=C(/CCNC(=O)O)c3ccccc3)CC2(C)C)cc1. The zero-order chi connectivity index (χ0) is 21.7. The van der Waals surface area contributed by atoms with Crippen LogP contribution in [0.2, 0.25) is 0 Å². The van der Waals surface area contributed by atoms with Crippen LogP contribution in [0, 0.1) is 0 Å². The Morgan fingerprint density at radius 2 is 1.80 bits per heavy atom. The normalized spacial score (nSPS) is 17.0. The molecule has 0 spiro atoms. The molecule has 1 heterocycles. The molecule has 3 rings (SSSR count). The number of hydrogen-bond donors (Lipinski definition) is 2. The smallest absolute Gasteiger partial charge is 0.404 e. The lowest BCUT2D eigenvalue weighted by Gasteiger charge is -2.31. The highest BCUT2D eigenvalue weighted by Crippen LogP contribution is 2.39. The van der Waals surface area contributed by atoms with Gasteiger partial charge < -0.3 is 20.1 Å². The van der Waals surface area contributed by atoms with E-state index in [4.69, 9.17) is 9.84 Å². The molecule has 158 valence electrons. The van der Waals surface area contributed by atoms with Crippen molar-refractivity contribution in [3.63, 3.8) is 0 Å². The van der Waals surface area contributed by atoms with Gasteiger partial charge in [0.15, 0.2) is 0 Å². The van der Waals surface area contributed by atoms with Crippen LogP contribution in [0.25, 0.3) is 5.57 Å². The fourth-order valence-electron chi connectivity index (χ4n) is 3.88. The summed E-state index contributed by atoms with van der Waals surface area (Å²) in [5.74, 6) is 0.786. The van der Waals surface area contributed by atoms with Gasteiger partial charge in [0.25, 0.3) is 5.91 Å². The molecule has 30 heavy (non-hydrogen) atoms. The average Bonchev–Trinajstić information content (AvgIpc) is 2.95. The lowest BCUT2D eigenvalue weighted by atomic mass is 9.92. The van der Waals surface area contributed by atoms with Gasteiger partial charge in [-0.2, -0.15) is 0 Å². The highest BCUT2D eigenvalue weighted by atomic mass is 16.5. The number of rotatable bonds is 7. The summed E-state index contributed by atoms with van der Waals surface area (Å²) < 4.78 is 5.22. The third kappa shape index (κ3) is 4.82. The van der Waals surface area contributed by atoms with Crippen LogP contribution in [0.5, 0.6) is 5.75 Å². The number of methoxy groups -OCH3 is 1. The largest absolute Gasteiger partial charge is 0.497 e. The minimum absolute atomic E-state index is 0.00463. The number of amides is 2. The van der Waals surface area contributed by atoms with Crippen molar-refractivity contribution in [2.45, 2.75) is 38.8 Å². The average molecular weight is 408 g/mol. The Bertz CT molecular complexity index is 933. The Labute approximate surface area is 177 Å². The fourth-order valence-corrected chi connectivity index (χ4v) is 3.88. The highest BCUT2D eigenvalue weighted by Gasteiger charge is 2.42. The summed E-state index contributed by atoms with van der Waals surface area (Å²) in [5, 5.41) is 11.3. The molecule has 0 atom stereocenters. The number of likely N-dealkylation sites (tertiary alicyclic amines) is 1. The van der Waals surface area contributed by atoms with E-state index in [2.05, 4.69) is 19.2 Å². The molecule has 1 fully saturated rings. The van der Waals surface area contributed by atoms with Crippen LogP contribution >= 0.6 is 0 Å². The van der Waals surface area contributed by atoms with Gasteiger partial charge in [0.1, 0.15) is 5.75 Å². The summed E-state index contributed by atoms with van der Waals surface area (Å²) in [6.07, 6.45) is 0.00924. The summed E-state index contributed by atoms with van der Waals surface area (Å²) in [7, 11) is 1.63. The van der Waals surface area contributed by atoms with Crippen LogP contribution < -0.4 is 10.1 Å². The van der Waals surface area contributed by atoms with E-state index < -0.39 is 6.09 Å². The van der Waals surface area contributed by atoms with Crippen LogP contribution in [-0.4, -0.2) is 41.2 Å². The number of carboxylic acid groups (broad SMARTS) is 1. The number of ether oxygens (including phenoxy) is 1. The predicted octanol–water partition coefficient (Wildman–Crippen LogP) is 4.32. The number of carbonyl (C=O) groups excluding carboxylic acids is 1. The Hall–Kier alpha value is -3.28. The number of nitrogens with zero attached hydrogens (tertiary/aromatic N) is 1. The maximum Gasteiger partial charge on any atom is 0.404 e. The number of carbonyl (C=O) groups is 2. The first-order valence-corrected chi connectivity index (χ1v) is 10.0. The molecule has 0 aromatic heterocycles. The molecule has 0 aliphatic carbocycles. The lowest BCUT2D eigenvalue weighted by Crippen LogP contribution is -2.40. The van der Waals surface area contributed by atoms with E-state index in [1.54, 1.807) is 7.11 Å². The molecule has 6 heteroatoms. The molecule has 0 unspecified atom stereocenters. The molecule has 6 nitrogen and oxygen atoms in total. The van der Waals surface area contributed by atoms with Gasteiger partial charge in [0, 0.05) is 30.6 Å². The molecule has 1 saturated heterocycles. The Morgan fingerprint density at radius 3 is 2.40 bits per heavy atom. The minimum Gasteiger partial charge on any atom is -0.497 e. The molecule has 0 saturated carbocycles. The molecule has 2 amide bonds. The van der Waals surface area contributed by atoms with Crippen molar-refractivity contribution < 1.29 is 19.4 Å².